The number of rotatable bonds is 6. The van der Waals surface area contributed by atoms with Crippen molar-refractivity contribution in [3.8, 4) is 11.3 Å². The Hall–Kier alpha value is -2.54. The highest BCUT2D eigenvalue weighted by Crippen LogP contribution is 2.31. The second-order valence-corrected chi connectivity index (χ2v) is 7.75. The van der Waals surface area contributed by atoms with E-state index in [1.807, 2.05) is 24.3 Å². The quantitative estimate of drug-likeness (QED) is 0.574. The molecule has 8 heteroatoms. The van der Waals surface area contributed by atoms with Gasteiger partial charge in [-0.15, -0.1) is 0 Å². The summed E-state index contributed by atoms with van der Waals surface area (Å²) in [6, 6.07) is 13.0. The monoisotopic (exact) mass is 445 g/mol. The van der Waals surface area contributed by atoms with Gasteiger partial charge in [0.1, 0.15) is 0 Å². The molecule has 0 bridgehead atoms. The number of aryl methyl sites for hydroxylation is 1. The zero-order valence-electron chi connectivity index (χ0n) is 16.2. The smallest absolute Gasteiger partial charge is 0.224 e. The van der Waals surface area contributed by atoms with E-state index in [0.29, 0.717) is 46.9 Å². The van der Waals surface area contributed by atoms with Crippen molar-refractivity contribution in [3.63, 3.8) is 0 Å². The number of hydrogen-bond donors (Lipinski definition) is 1. The lowest BCUT2D eigenvalue weighted by atomic mass is 10.2. The molecule has 2 aromatic carbocycles. The van der Waals surface area contributed by atoms with Gasteiger partial charge in [0, 0.05) is 36.5 Å². The van der Waals surface area contributed by atoms with E-state index in [0.717, 1.165) is 24.5 Å². The summed E-state index contributed by atoms with van der Waals surface area (Å²) >= 11 is 12.2. The predicted molar refractivity (Wildman–Crippen MR) is 118 cm³/mol. The number of anilines is 2. The van der Waals surface area contributed by atoms with Crippen molar-refractivity contribution in [3.05, 3.63) is 64.6 Å². The van der Waals surface area contributed by atoms with Crippen LogP contribution in [0.3, 0.4) is 0 Å². The van der Waals surface area contributed by atoms with Crippen LogP contribution in [0.4, 0.5) is 11.4 Å². The molecule has 1 N–H and O–H groups in total. The van der Waals surface area contributed by atoms with E-state index >= 15 is 0 Å². The Bertz CT molecular complexity index is 1030. The maximum absolute atomic E-state index is 12.5. The molecule has 0 saturated carbocycles. The number of benzene rings is 2. The molecule has 1 amide bonds. The number of aromatic nitrogens is 1. The van der Waals surface area contributed by atoms with Gasteiger partial charge in [-0.2, -0.15) is 0 Å². The average molecular weight is 446 g/mol. The Kier molecular flexibility index (Phi) is 6.57. The second-order valence-electron chi connectivity index (χ2n) is 6.91. The molecule has 1 saturated heterocycles. The number of amides is 1. The fourth-order valence-corrected chi connectivity index (χ4v) is 3.83. The van der Waals surface area contributed by atoms with E-state index in [2.05, 4.69) is 15.2 Å². The Balaban J connectivity index is 1.37. The molecule has 3 aromatic rings. The average Bonchev–Trinajstić information content (AvgIpc) is 3.22. The van der Waals surface area contributed by atoms with Crippen LogP contribution in [0.2, 0.25) is 10.0 Å². The van der Waals surface area contributed by atoms with Gasteiger partial charge in [0.05, 0.1) is 35.8 Å². The number of carbonyl (C=O) groups is 1. The molecular weight excluding hydrogens is 425 g/mol. The molecule has 1 aliphatic rings. The van der Waals surface area contributed by atoms with Crippen LogP contribution in [0.15, 0.2) is 53.1 Å². The first-order valence-corrected chi connectivity index (χ1v) is 10.5. The molecule has 2 heterocycles. The van der Waals surface area contributed by atoms with Crippen LogP contribution in [0.1, 0.15) is 12.3 Å². The van der Waals surface area contributed by atoms with Crippen molar-refractivity contribution in [2.45, 2.75) is 12.8 Å². The van der Waals surface area contributed by atoms with Crippen LogP contribution in [-0.4, -0.2) is 37.2 Å². The summed E-state index contributed by atoms with van der Waals surface area (Å²) in [7, 11) is 0. The number of nitrogens with one attached hydrogen (secondary N) is 1. The van der Waals surface area contributed by atoms with Crippen molar-refractivity contribution in [1.82, 2.24) is 4.98 Å². The van der Waals surface area contributed by atoms with Gasteiger partial charge < -0.3 is 19.4 Å². The van der Waals surface area contributed by atoms with E-state index in [9.17, 15) is 4.79 Å². The number of halogens is 2. The normalized spacial score (nSPS) is 14.0. The van der Waals surface area contributed by atoms with Crippen molar-refractivity contribution in [1.29, 1.82) is 0 Å². The summed E-state index contributed by atoms with van der Waals surface area (Å²) in [6.07, 6.45) is 2.25. The highest BCUT2D eigenvalue weighted by atomic mass is 35.5. The molecule has 0 unspecified atom stereocenters. The van der Waals surface area contributed by atoms with Crippen LogP contribution in [0.25, 0.3) is 11.3 Å². The number of oxazole rings is 1. The third-order valence-corrected chi connectivity index (χ3v) is 5.39. The molecule has 1 aromatic heterocycles. The number of carbonyl (C=O) groups excluding carboxylic acids is 1. The highest BCUT2D eigenvalue weighted by molar-refractivity contribution is 6.36. The van der Waals surface area contributed by atoms with Gasteiger partial charge in [-0.3, -0.25) is 4.79 Å². The first kappa shape index (κ1) is 20.7. The van der Waals surface area contributed by atoms with Crippen molar-refractivity contribution in [2.24, 2.45) is 0 Å². The molecular formula is C22H21Cl2N3O3. The molecule has 0 spiro atoms. The molecule has 1 aliphatic heterocycles. The lowest BCUT2D eigenvalue weighted by Gasteiger charge is -2.30. The van der Waals surface area contributed by atoms with E-state index in [1.165, 1.54) is 0 Å². The fourth-order valence-electron chi connectivity index (χ4n) is 3.33. The number of para-hydroxylation sites is 2. The van der Waals surface area contributed by atoms with Crippen molar-refractivity contribution >= 4 is 40.5 Å². The van der Waals surface area contributed by atoms with Gasteiger partial charge in [0.25, 0.3) is 0 Å². The molecule has 0 aliphatic carbocycles. The summed E-state index contributed by atoms with van der Waals surface area (Å²) in [5, 5.41) is 4.05. The minimum atomic E-state index is -0.0972. The van der Waals surface area contributed by atoms with Crippen LogP contribution in [0.5, 0.6) is 0 Å². The van der Waals surface area contributed by atoms with Gasteiger partial charge in [0.2, 0.25) is 5.91 Å². The minimum absolute atomic E-state index is 0.0972. The summed E-state index contributed by atoms with van der Waals surface area (Å²) < 4.78 is 11.2. The van der Waals surface area contributed by atoms with Crippen LogP contribution >= 0.6 is 23.2 Å². The number of nitrogens with zero attached hydrogens (tertiary/aromatic N) is 2. The Labute approximate surface area is 184 Å². The van der Waals surface area contributed by atoms with Crippen molar-refractivity contribution in [2.75, 3.05) is 36.5 Å². The van der Waals surface area contributed by atoms with E-state index in [1.54, 1.807) is 24.4 Å². The van der Waals surface area contributed by atoms with Crippen molar-refractivity contribution < 1.29 is 13.9 Å². The fraction of sp³-hybridized carbons (Fsp3) is 0.273. The third kappa shape index (κ3) is 4.95. The topological polar surface area (TPSA) is 67.6 Å². The molecule has 156 valence electrons. The van der Waals surface area contributed by atoms with Crippen LogP contribution in [0, 0.1) is 0 Å². The summed E-state index contributed by atoms with van der Waals surface area (Å²) in [4.78, 5) is 19.0. The Morgan fingerprint density at radius 2 is 1.93 bits per heavy atom. The third-order valence-electron chi connectivity index (χ3n) is 4.85. The summed E-state index contributed by atoms with van der Waals surface area (Å²) in [5.41, 5.74) is 2.51. The van der Waals surface area contributed by atoms with Crippen LogP contribution < -0.4 is 10.2 Å². The predicted octanol–water partition coefficient (Wildman–Crippen LogP) is 5.06. The first-order valence-electron chi connectivity index (χ1n) is 9.72. The van der Waals surface area contributed by atoms with Gasteiger partial charge in [-0.05, 0) is 30.3 Å². The van der Waals surface area contributed by atoms with E-state index in [4.69, 9.17) is 32.4 Å². The van der Waals surface area contributed by atoms with Gasteiger partial charge in [-0.1, -0.05) is 35.3 Å². The molecule has 30 heavy (non-hydrogen) atoms. The number of ether oxygens (including phenoxy) is 1. The zero-order chi connectivity index (χ0) is 20.9. The largest absolute Gasteiger partial charge is 0.441 e. The maximum atomic E-state index is 12.5. The highest BCUT2D eigenvalue weighted by Gasteiger charge is 2.16. The van der Waals surface area contributed by atoms with E-state index in [-0.39, 0.29) is 12.3 Å². The molecule has 4 rings (SSSR count). The lowest BCUT2D eigenvalue weighted by molar-refractivity contribution is -0.116. The van der Waals surface area contributed by atoms with Gasteiger partial charge in [0.15, 0.2) is 11.7 Å². The lowest BCUT2D eigenvalue weighted by Crippen LogP contribution is -2.36. The summed E-state index contributed by atoms with van der Waals surface area (Å²) in [6.45, 7) is 2.98. The van der Waals surface area contributed by atoms with Crippen LogP contribution in [-0.2, 0) is 16.0 Å². The maximum Gasteiger partial charge on any atom is 0.224 e. The standard InChI is InChI=1S/C22H21Cl2N3O3/c23-15-5-6-16(17(24)13-15)20-14-25-22(30-20)8-7-21(28)26-18-3-1-2-4-19(18)27-9-11-29-12-10-27/h1-6,13-14H,7-12H2,(H,26,28). The number of morpholine rings is 1. The Morgan fingerprint density at radius 1 is 1.13 bits per heavy atom. The SMILES string of the molecule is O=C(CCc1ncc(-c2ccc(Cl)cc2Cl)o1)Nc1ccccc1N1CCOCC1. The van der Waals surface area contributed by atoms with Gasteiger partial charge in [-0.25, -0.2) is 4.98 Å². The Morgan fingerprint density at radius 3 is 2.73 bits per heavy atom. The zero-order valence-corrected chi connectivity index (χ0v) is 17.7. The minimum Gasteiger partial charge on any atom is -0.441 e. The second kappa shape index (κ2) is 9.51. The number of hydrogen-bond acceptors (Lipinski definition) is 5. The molecule has 1 fully saturated rings. The summed E-state index contributed by atoms with van der Waals surface area (Å²) in [5.74, 6) is 0.928. The van der Waals surface area contributed by atoms with E-state index < -0.39 is 0 Å². The van der Waals surface area contributed by atoms with Gasteiger partial charge >= 0.3 is 0 Å². The molecule has 6 nitrogen and oxygen atoms in total. The first-order chi connectivity index (χ1) is 14.6. The molecule has 0 atom stereocenters. The molecule has 0 radical (unpaired) electrons.